The lowest BCUT2D eigenvalue weighted by Crippen LogP contribution is -2.58. The van der Waals surface area contributed by atoms with Gasteiger partial charge in [-0.15, -0.1) is 0 Å². The first-order valence-corrected chi connectivity index (χ1v) is 9.23. The highest BCUT2D eigenvalue weighted by molar-refractivity contribution is 7.89. The van der Waals surface area contributed by atoms with Crippen LogP contribution >= 0.6 is 0 Å². The standard InChI is InChI=1S/C15H21NO5S/c1-11-7-12(8-15(17)20-11)21-13-9-16(10-13)22(18,19)14-5-3-2-4-6-14/h7-8,13-14H,2-6,9-10H2,1H3. The van der Waals surface area contributed by atoms with Crippen molar-refractivity contribution in [3.63, 3.8) is 0 Å². The van der Waals surface area contributed by atoms with Crippen molar-refractivity contribution in [3.05, 3.63) is 28.3 Å². The van der Waals surface area contributed by atoms with Gasteiger partial charge in [-0.1, -0.05) is 19.3 Å². The van der Waals surface area contributed by atoms with E-state index in [2.05, 4.69) is 0 Å². The second kappa shape index (κ2) is 6.04. The molecule has 0 bridgehead atoms. The Morgan fingerprint density at radius 3 is 2.50 bits per heavy atom. The van der Waals surface area contributed by atoms with Crippen molar-refractivity contribution >= 4 is 10.0 Å². The number of rotatable bonds is 4. The molecule has 0 amide bonds. The third-order valence-electron chi connectivity index (χ3n) is 4.32. The SMILES string of the molecule is Cc1cc(OC2CN(S(=O)(=O)C3CCCCC3)C2)cc(=O)o1. The molecule has 1 aromatic heterocycles. The van der Waals surface area contributed by atoms with Crippen LogP contribution < -0.4 is 10.4 Å². The van der Waals surface area contributed by atoms with E-state index in [0.29, 0.717) is 24.6 Å². The normalized spacial score (nSPS) is 21.5. The second-order valence-corrected chi connectivity index (χ2v) is 8.30. The van der Waals surface area contributed by atoms with E-state index in [1.807, 2.05) is 0 Å². The second-order valence-electron chi connectivity index (χ2n) is 6.08. The Balaban J connectivity index is 1.58. The Kier molecular flexibility index (Phi) is 4.27. The van der Waals surface area contributed by atoms with Crippen LogP contribution in [0.2, 0.25) is 0 Å². The maximum absolute atomic E-state index is 12.5. The highest BCUT2D eigenvalue weighted by Gasteiger charge is 2.41. The minimum Gasteiger partial charge on any atom is -0.487 e. The summed E-state index contributed by atoms with van der Waals surface area (Å²) in [5, 5.41) is -0.229. The largest absolute Gasteiger partial charge is 0.487 e. The number of ether oxygens (including phenoxy) is 1. The van der Waals surface area contributed by atoms with Crippen LogP contribution in [0, 0.1) is 6.92 Å². The zero-order valence-corrected chi connectivity index (χ0v) is 13.5. The summed E-state index contributed by atoms with van der Waals surface area (Å²) >= 11 is 0. The van der Waals surface area contributed by atoms with Gasteiger partial charge >= 0.3 is 5.63 Å². The molecule has 1 aromatic rings. The highest BCUT2D eigenvalue weighted by Crippen LogP contribution is 2.29. The Bertz CT molecular complexity index is 684. The average molecular weight is 327 g/mol. The molecule has 22 heavy (non-hydrogen) atoms. The van der Waals surface area contributed by atoms with E-state index < -0.39 is 15.6 Å². The third-order valence-corrected chi connectivity index (χ3v) is 6.65. The molecule has 1 saturated heterocycles. The maximum Gasteiger partial charge on any atom is 0.339 e. The predicted octanol–water partition coefficient (Wildman–Crippen LogP) is 1.67. The van der Waals surface area contributed by atoms with E-state index >= 15 is 0 Å². The Morgan fingerprint density at radius 1 is 1.18 bits per heavy atom. The monoisotopic (exact) mass is 327 g/mol. The van der Waals surface area contributed by atoms with Gasteiger partial charge in [0.25, 0.3) is 0 Å². The van der Waals surface area contributed by atoms with Crippen LogP contribution in [0.15, 0.2) is 21.3 Å². The molecule has 0 radical (unpaired) electrons. The van der Waals surface area contributed by atoms with E-state index in [9.17, 15) is 13.2 Å². The first-order valence-electron chi connectivity index (χ1n) is 7.72. The van der Waals surface area contributed by atoms with Gasteiger partial charge in [0.1, 0.15) is 17.6 Å². The first kappa shape index (κ1) is 15.6. The quantitative estimate of drug-likeness (QED) is 0.841. The van der Waals surface area contributed by atoms with Gasteiger partial charge in [0.2, 0.25) is 10.0 Å². The molecule has 2 fully saturated rings. The summed E-state index contributed by atoms with van der Waals surface area (Å²) in [6.07, 6.45) is 4.47. The number of hydrogen-bond acceptors (Lipinski definition) is 5. The average Bonchev–Trinajstić information content (AvgIpc) is 2.42. The molecule has 1 saturated carbocycles. The van der Waals surface area contributed by atoms with Crippen molar-refractivity contribution < 1.29 is 17.6 Å². The molecule has 2 heterocycles. The lowest BCUT2D eigenvalue weighted by molar-refractivity contribution is 0.0743. The summed E-state index contributed by atoms with van der Waals surface area (Å²) in [7, 11) is -3.19. The van der Waals surface area contributed by atoms with Crippen molar-refractivity contribution in [2.75, 3.05) is 13.1 Å². The molecule has 1 aliphatic heterocycles. The molecule has 0 spiro atoms. The van der Waals surface area contributed by atoms with Crippen molar-refractivity contribution in [1.29, 1.82) is 0 Å². The van der Waals surface area contributed by atoms with Gasteiger partial charge in [-0.3, -0.25) is 0 Å². The van der Waals surface area contributed by atoms with E-state index in [1.165, 1.54) is 10.4 Å². The highest BCUT2D eigenvalue weighted by atomic mass is 32.2. The van der Waals surface area contributed by atoms with Gasteiger partial charge in [-0.2, -0.15) is 4.31 Å². The van der Waals surface area contributed by atoms with E-state index in [-0.39, 0.29) is 11.4 Å². The van der Waals surface area contributed by atoms with Gasteiger partial charge < -0.3 is 9.15 Å². The Hall–Kier alpha value is -1.34. The molecule has 122 valence electrons. The molecule has 6 nitrogen and oxygen atoms in total. The van der Waals surface area contributed by atoms with E-state index in [0.717, 1.165) is 32.1 Å². The molecule has 0 aromatic carbocycles. The molecule has 2 aliphatic rings. The van der Waals surface area contributed by atoms with Gasteiger partial charge in [-0.05, 0) is 19.8 Å². The zero-order valence-electron chi connectivity index (χ0n) is 12.7. The molecule has 1 aliphatic carbocycles. The van der Waals surface area contributed by atoms with Gasteiger partial charge in [0.05, 0.1) is 24.4 Å². The third kappa shape index (κ3) is 3.20. The first-order chi connectivity index (χ1) is 10.4. The number of hydrogen-bond donors (Lipinski definition) is 0. The molecule has 0 N–H and O–H groups in total. The van der Waals surface area contributed by atoms with Crippen LogP contribution in [0.25, 0.3) is 0 Å². The molecule has 7 heteroatoms. The van der Waals surface area contributed by atoms with Gasteiger partial charge in [0.15, 0.2) is 0 Å². The fourth-order valence-corrected chi connectivity index (χ4v) is 5.19. The van der Waals surface area contributed by atoms with Crippen molar-refractivity contribution in [2.45, 2.75) is 50.4 Å². The lowest BCUT2D eigenvalue weighted by atomic mass is 10.0. The lowest BCUT2D eigenvalue weighted by Gasteiger charge is -2.40. The zero-order chi connectivity index (χ0) is 15.7. The summed E-state index contributed by atoms with van der Waals surface area (Å²) in [6.45, 7) is 2.39. The van der Waals surface area contributed by atoms with Crippen LogP contribution in [0.5, 0.6) is 5.75 Å². The number of aryl methyl sites for hydroxylation is 1. The minimum absolute atomic E-state index is 0.195. The summed E-state index contributed by atoms with van der Waals surface area (Å²) in [5.74, 6) is 0.918. The fraction of sp³-hybridized carbons (Fsp3) is 0.667. The molecular formula is C15H21NO5S. The maximum atomic E-state index is 12.5. The summed E-state index contributed by atoms with van der Waals surface area (Å²) in [5.41, 5.74) is -0.457. The molecular weight excluding hydrogens is 306 g/mol. The molecule has 3 rings (SSSR count). The van der Waals surface area contributed by atoms with Crippen LogP contribution in [0.1, 0.15) is 37.9 Å². The fourth-order valence-electron chi connectivity index (χ4n) is 3.09. The minimum atomic E-state index is -3.19. The van der Waals surface area contributed by atoms with E-state index in [1.54, 1.807) is 13.0 Å². The summed E-state index contributed by atoms with van der Waals surface area (Å²) in [4.78, 5) is 11.3. The van der Waals surface area contributed by atoms with Crippen molar-refractivity contribution in [2.24, 2.45) is 0 Å². The number of nitrogens with zero attached hydrogens (tertiary/aromatic N) is 1. The Labute approximate surface area is 130 Å². The van der Waals surface area contributed by atoms with Crippen LogP contribution in [0.3, 0.4) is 0 Å². The smallest absolute Gasteiger partial charge is 0.339 e. The number of sulfonamides is 1. The topological polar surface area (TPSA) is 76.8 Å². The van der Waals surface area contributed by atoms with E-state index in [4.69, 9.17) is 9.15 Å². The Morgan fingerprint density at radius 2 is 1.86 bits per heavy atom. The van der Waals surface area contributed by atoms with Gasteiger partial charge in [0, 0.05) is 6.07 Å². The van der Waals surface area contributed by atoms with Gasteiger partial charge in [-0.25, -0.2) is 13.2 Å². The predicted molar refractivity (Wildman–Crippen MR) is 81.5 cm³/mol. The van der Waals surface area contributed by atoms with Crippen LogP contribution in [-0.2, 0) is 10.0 Å². The molecule has 0 atom stereocenters. The van der Waals surface area contributed by atoms with Crippen molar-refractivity contribution in [1.82, 2.24) is 4.31 Å². The van der Waals surface area contributed by atoms with Crippen LogP contribution in [0.4, 0.5) is 0 Å². The summed E-state index contributed by atoms with van der Waals surface area (Å²) in [6, 6.07) is 2.92. The molecule has 0 unspecified atom stereocenters. The van der Waals surface area contributed by atoms with Crippen molar-refractivity contribution in [3.8, 4) is 5.75 Å². The van der Waals surface area contributed by atoms with Crippen LogP contribution in [-0.4, -0.2) is 37.2 Å². The summed E-state index contributed by atoms with van der Waals surface area (Å²) < 4.78 is 37.0.